The van der Waals surface area contributed by atoms with Crippen LogP contribution in [0.1, 0.15) is 2.85 Å². The molecule has 0 rings (SSSR count). The van der Waals surface area contributed by atoms with E-state index < -0.39 is 0 Å². The Labute approximate surface area is 111 Å². The number of hydrogen-bond donors (Lipinski definition) is 0. The molecule has 2 radical (unpaired) electrons. The quantitative estimate of drug-likeness (QED) is 0.363. The van der Waals surface area contributed by atoms with Gasteiger partial charge in [-0.05, 0) is 0 Å². The van der Waals surface area contributed by atoms with Gasteiger partial charge in [0.25, 0.3) is 0 Å². The molecular weight excluding hydrogens is 422 g/mol. The van der Waals surface area contributed by atoms with Crippen molar-refractivity contribution < 1.29 is 24.6 Å². The molecule has 4 heteroatoms. The third-order valence-electron chi connectivity index (χ3n) is 0. The van der Waals surface area contributed by atoms with E-state index in [9.17, 15) is 0 Å². The predicted molar refractivity (Wildman–Crippen MR) is 31.9 cm³/mol. The van der Waals surface area contributed by atoms with Gasteiger partial charge in [0.15, 0.2) is 0 Å². The van der Waals surface area contributed by atoms with Crippen LogP contribution in [0.5, 0.6) is 0 Å². The number of rotatable bonds is 0. The maximum Gasteiger partial charge on any atom is 0 e. The summed E-state index contributed by atoms with van der Waals surface area (Å²) in [5.74, 6) is 0. The fraction of sp³-hybridized carbons (Fsp3) is 0. The molecule has 0 atom stereocenters. The predicted octanol–water partition coefficient (Wildman–Crippen LogP) is -0.456. The molecule has 0 fully saturated rings. The van der Waals surface area contributed by atoms with E-state index in [0.717, 1.165) is 0 Å². The largest absolute Gasteiger partial charge is 0 e. The number of hydrogen-bond acceptors (Lipinski definition) is 0. The van der Waals surface area contributed by atoms with Crippen molar-refractivity contribution in [3.63, 3.8) is 0 Å². The SMILES string of the molecule is I.[Ca+2].[H-].[H-].[PbH2].[Ti]. The maximum atomic E-state index is 0. The zero-order chi connectivity index (χ0) is 0. The monoisotopic (exact) mass is 428 g/mol. The standard InChI is InChI=1S/Ca.HI.Pb.Ti.4H/h;1H;;;;;;/q+2;;;;;;2*-1. The van der Waals surface area contributed by atoms with Gasteiger partial charge in [-0.3, -0.25) is 0 Å². The molecule has 0 aromatic carbocycles. The molecule has 0 nitrogen and oxygen atoms in total. The minimum atomic E-state index is 0. The van der Waals surface area contributed by atoms with E-state index in [1.807, 2.05) is 0 Å². The molecule has 22 valence electrons. The van der Waals surface area contributed by atoms with Gasteiger partial charge in [-0.1, -0.05) is 0 Å². The van der Waals surface area contributed by atoms with Gasteiger partial charge in [-0.15, -0.1) is 24.0 Å². The Morgan fingerprint density at radius 3 is 1.25 bits per heavy atom. The van der Waals surface area contributed by atoms with Crippen molar-refractivity contribution in [2.45, 2.75) is 0 Å². The van der Waals surface area contributed by atoms with Crippen molar-refractivity contribution in [1.29, 1.82) is 0 Å². The van der Waals surface area contributed by atoms with E-state index in [2.05, 4.69) is 0 Å². The molecule has 0 aromatic rings. The van der Waals surface area contributed by atoms with Gasteiger partial charge in [0.2, 0.25) is 0 Å². The summed E-state index contributed by atoms with van der Waals surface area (Å²) in [4.78, 5) is 0. The second-order valence-electron chi connectivity index (χ2n) is 0. The first-order valence-electron chi connectivity index (χ1n) is 0. The third kappa shape index (κ3) is 9.16. The molecular formula is H5CaIPbTi. The van der Waals surface area contributed by atoms with E-state index in [1.165, 1.54) is 0 Å². The van der Waals surface area contributed by atoms with Crippen molar-refractivity contribution >= 4 is 89.0 Å². The summed E-state index contributed by atoms with van der Waals surface area (Å²) in [5.41, 5.74) is 0. The fourth-order valence-corrected chi connectivity index (χ4v) is 0. The van der Waals surface area contributed by atoms with Crippen molar-refractivity contribution in [3.05, 3.63) is 0 Å². The van der Waals surface area contributed by atoms with Crippen LogP contribution in [0.3, 0.4) is 0 Å². The molecule has 0 N–H and O–H groups in total. The molecule has 0 saturated carbocycles. The zero-order valence-electron chi connectivity index (χ0n) is 4.32. The van der Waals surface area contributed by atoms with Crippen molar-refractivity contribution in [3.8, 4) is 0 Å². The van der Waals surface area contributed by atoms with E-state index in [4.69, 9.17) is 0 Å². The Kier molecular flexibility index (Phi) is 102. The summed E-state index contributed by atoms with van der Waals surface area (Å²) in [6, 6.07) is 0. The summed E-state index contributed by atoms with van der Waals surface area (Å²) < 4.78 is 0. The van der Waals surface area contributed by atoms with E-state index in [1.54, 1.807) is 0 Å². The van der Waals surface area contributed by atoms with Gasteiger partial charge >= 0.3 is 65.0 Å². The van der Waals surface area contributed by atoms with Gasteiger partial charge in [0.1, 0.15) is 0 Å². The summed E-state index contributed by atoms with van der Waals surface area (Å²) >= 11 is 0. The van der Waals surface area contributed by atoms with Gasteiger partial charge in [0.05, 0.1) is 0 Å². The molecule has 0 bridgehead atoms. The minimum absolute atomic E-state index is 0. The van der Waals surface area contributed by atoms with Crippen LogP contribution in [-0.4, -0.2) is 65.0 Å². The zero-order valence-corrected chi connectivity index (χ0v) is 13.9. The van der Waals surface area contributed by atoms with Gasteiger partial charge in [-0.25, -0.2) is 0 Å². The smallest absolute Gasteiger partial charge is 0 e. The molecule has 0 amide bonds. The first kappa shape index (κ1) is 25.5. The molecule has 0 aliphatic rings. The molecule has 0 unspecified atom stereocenters. The summed E-state index contributed by atoms with van der Waals surface area (Å²) in [5, 5.41) is 0. The second-order valence-corrected chi connectivity index (χ2v) is 0. The van der Waals surface area contributed by atoms with Gasteiger partial charge in [-0.2, -0.15) is 0 Å². The normalized spacial score (nSPS) is 0. The van der Waals surface area contributed by atoms with Gasteiger partial charge < -0.3 is 2.85 Å². The summed E-state index contributed by atoms with van der Waals surface area (Å²) in [6.07, 6.45) is 0. The molecule has 0 aliphatic heterocycles. The summed E-state index contributed by atoms with van der Waals surface area (Å²) in [6.45, 7) is 0. The van der Waals surface area contributed by atoms with Crippen LogP contribution in [0.25, 0.3) is 0 Å². The van der Waals surface area contributed by atoms with Crippen molar-refractivity contribution in [2.24, 2.45) is 0 Å². The fourth-order valence-electron chi connectivity index (χ4n) is 0. The topological polar surface area (TPSA) is 0 Å². The van der Waals surface area contributed by atoms with Crippen LogP contribution in [-0.2, 0) is 21.7 Å². The Balaban J connectivity index is 0. The van der Waals surface area contributed by atoms with Crippen LogP contribution in [0.4, 0.5) is 0 Å². The minimum Gasteiger partial charge on any atom is 0 e. The molecule has 4 heavy (non-hydrogen) atoms. The first-order chi connectivity index (χ1) is 0. The van der Waals surface area contributed by atoms with Crippen LogP contribution < -0.4 is 0 Å². The van der Waals surface area contributed by atoms with E-state index in [0.29, 0.717) is 0 Å². The number of halogens is 1. The Bertz CT molecular complexity index is 13.5. The Morgan fingerprint density at radius 1 is 1.25 bits per heavy atom. The van der Waals surface area contributed by atoms with Crippen LogP contribution in [0.2, 0.25) is 0 Å². The van der Waals surface area contributed by atoms with Crippen LogP contribution >= 0.6 is 24.0 Å². The first-order valence-corrected chi connectivity index (χ1v) is 0. The second kappa shape index (κ2) is 16.0. The van der Waals surface area contributed by atoms with E-state index in [-0.39, 0.29) is 114 Å². The molecule has 0 saturated heterocycles. The average Bonchev–Trinajstić information content (AvgIpc) is 0. The Hall–Kier alpha value is 3.63. The molecule has 0 aromatic heterocycles. The molecule has 0 aliphatic carbocycles. The van der Waals surface area contributed by atoms with Crippen molar-refractivity contribution in [1.82, 2.24) is 0 Å². The van der Waals surface area contributed by atoms with Crippen LogP contribution in [0, 0.1) is 0 Å². The van der Waals surface area contributed by atoms with Gasteiger partial charge in [0, 0.05) is 21.7 Å². The van der Waals surface area contributed by atoms with Crippen molar-refractivity contribution in [2.75, 3.05) is 0 Å². The molecule has 0 spiro atoms. The summed E-state index contributed by atoms with van der Waals surface area (Å²) in [7, 11) is 0. The maximum absolute atomic E-state index is 0. The molecule has 0 heterocycles. The Morgan fingerprint density at radius 2 is 1.25 bits per heavy atom. The third-order valence-corrected chi connectivity index (χ3v) is 0. The average molecular weight is 427 g/mol. The van der Waals surface area contributed by atoms with E-state index >= 15 is 0 Å². The van der Waals surface area contributed by atoms with Crippen LogP contribution in [0.15, 0.2) is 0 Å².